The molecule has 1 heterocycles. The zero-order chi connectivity index (χ0) is 17.8. The van der Waals surface area contributed by atoms with E-state index in [1.54, 1.807) is 0 Å². The van der Waals surface area contributed by atoms with Crippen LogP contribution >= 0.6 is 11.6 Å². The fraction of sp³-hybridized carbons (Fsp3) is 0.167. The third kappa shape index (κ3) is 3.68. The molecular formula is C24H22ClN. The van der Waals surface area contributed by atoms with E-state index in [4.69, 9.17) is 11.6 Å². The minimum Gasteiger partial charge on any atom is -0.364 e. The summed E-state index contributed by atoms with van der Waals surface area (Å²) in [6.45, 7) is 1.03. The molecule has 2 heteroatoms. The van der Waals surface area contributed by atoms with Gasteiger partial charge in [-0.1, -0.05) is 78.4 Å². The molecule has 0 radical (unpaired) electrons. The first-order chi connectivity index (χ1) is 12.8. The van der Waals surface area contributed by atoms with E-state index in [0.717, 1.165) is 24.4 Å². The number of anilines is 1. The molecule has 1 unspecified atom stereocenters. The third-order valence-corrected chi connectivity index (χ3v) is 5.29. The number of hydrogen-bond donors (Lipinski definition) is 0. The van der Waals surface area contributed by atoms with Gasteiger partial charge < -0.3 is 4.90 Å². The Labute approximate surface area is 160 Å². The predicted octanol–water partition coefficient (Wildman–Crippen LogP) is 6.55. The molecular weight excluding hydrogens is 338 g/mol. The van der Waals surface area contributed by atoms with Crippen LogP contribution in [0, 0.1) is 0 Å². The molecule has 3 aromatic rings. The summed E-state index contributed by atoms with van der Waals surface area (Å²) < 4.78 is 0. The van der Waals surface area contributed by atoms with Crippen LogP contribution in [-0.4, -0.2) is 6.54 Å². The molecule has 0 saturated carbocycles. The first kappa shape index (κ1) is 16.9. The van der Waals surface area contributed by atoms with Gasteiger partial charge in [0.1, 0.15) is 0 Å². The van der Waals surface area contributed by atoms with E-state index < -0.39 is 0 Å². The zero-order valence-corrected chi connectivity index (χ0v) is 15.4. The van der Waals surface area contributed by atoms with Gasteiger partial charge in [-0.2, -0.15) is 0 Å². The van der Waals surface area contributed by atoms with Crippen LogP contribution < -0.4 is 4.90 Å². The lowest BCUT2D eigenvalue weighted by Gasteiger charge is -2.39. The van der Waals surface area contributed by atoms with Crippen molar-refractivity contribution in [1.82, 2.24) is 0 Å². The van der Waals surface area contributed by atoms with Gasteiger partial charge in [-0.3, -0.25) is 0 Å². The van der Waals surface area contributed by atoms with Crippen molar-refractivity contribution in [3.63, 3.8) is 0 Å². The summed E-state index contributed by atoms with van der Waals surface area (Å²) in [6.07, 6.45) is 6.58. The largest absolute Gasteiger partial charge is 0.364 e. The Balaban J connectivity index is 1.63. The van der Waals surface area contributed by atoms with Crippen LogP contribution in [0.25, 0.3) is 6.08 Å². The number of halogens is 1. The molecule has 0 N–H and O–H groups in total. The van der Waals surface area contributed by atoms with Crippen molar-refractivity contribution >= 4 is 23.4 Å². The van der Waals surface area contributed by atoms with E-state index in [1.807, 2.05) is 12.1 Å². The maximum absolute atomic E-state index is 6.09. The molecule has 0 fully saturated rings. The standard InChI is InChI=1S/C24H22ClN/c25-21-13-15-22(16-14-21)26-18-17-20-10-4-5-11-23(20)24(26)12-6-9-19-7-2-1-3-8-19/h1-11,13-16,24H,12,17-18H2/b9-6-. The highest BCUT2D eigenvalue weighted by atomic mass is 35.5. The number of fused-ring (bicyclic) bond motifs is 1. The van der Waals surface area contributed by atoms with Crippen LogP contribution in [0.5, 0.6) is 0 Å². The first-order valence-electron chi connectivity index (χ1n) is 9.13. The molecule has 3 aromatic carbocycles. The van der Waals surface area contributed by atoms with Crippen LogP contribution in [-0.2, 0) is 6.42 Å². The van der Waals surface area contributed by atoms with Gasteiger partial charge in [0.2, 0.25) is 0 Å². The van der Waals surface area contributed by atoms with Crippen LogP contribution in [0.15, 0.2) is 84.9 Å². The average Bonchev–Trinajstić information content (AvgIpc) is 2.70. The van der Waals surface area contributed by atoms with Crippen molar-refractivity contribution in [3.05, 3.63) is 107 Å². The van der Waals surface area contributed by atoms with Crippen molar-refractivity contribution in [3.8, 4) is 0 Å². The van der Waals surface area contributed by atoms with E-state index >= 15 is 0 Å². The lowest BCUT2D eigenvalue weighted by molar-refractivity contribution is 0.589. The van der Waals surface area contributed by atoms with Crippen LogP contribution in [0.4, 0.5) is 5.69 Å². The molecule has 1 nitrogen and oxygen atoms in total. The molecule has 1 atom stereocenters. The summed E-state index contributed by atoms with van der Waals surface area (Å²) in [6, 6.07) is 27.9. The highest BCUT2D eigenvalue weighted by molar-refractivity contribution is 6.30. The number of benzene rings is 3. The SMILES string of the molecule is Clc1ccc(N2CCc3ccccc3C2C/C=C\c2ccccc2)cc1. The quantitative estimate of drug-likeness (QED) is 0.510. The summed E-state index contributed by atoms with van der Waals surface area (Å²) in [5, 5.41) is 0.784. The Kier molecular flexibility index (Phi) is 5.08. The van der Waals surface area contributed by atoms with Crippen LogP contribution in [0.1, 0.15) is 29.2 Å². The Morgan fingerprint density at radius 3 is 2.42 bits per heavy atom. The molecule has 4 rings (SSSR count). The maximum atomic E-state index is 6.09. The zero-order valence-electron chi connectivity index (χ0n) is 14.7. The normalized spacial score (nSPS) is 16.7. The number of hydrogen-bond acceptors (Lipinski definition) is 1. The molecule has 0 bridgehead atoms. The lowest BCUT2D eigenvalue weighted by atomic mass is 9.90. The smallest absolute Gasteiger partial charge is 0.0579 e. The Morgan fingerprint density at radius 1 is 0.885 bits per heavy atom. The van der Waals surface area contributed by atoms with E-state index in [9.17, 15) is 0 Å². The number of nitrogens with zero attached hydrogens (tertiary/aromatic N) is 1. The van der Waals surface area contributed by atoms with Crippen molar-refractivity contribution in [2.45, 2.75) is 18.9 Å². The molecule has 1 aliphatic rings. The summed E-state index contributed by atoms with van der Waals surface area (Å²) in [5.74, 6) is 0. The van der Waals surface area contributed by atoms with Crippen molar-refractivity contribution in [1.29, 1.82) is 0 Å². The van der Waals surface area contributed by atoms with Gasteiger partial charge in [0.05, 0.1) is 6.04 Å². The summed E-state index contributed by atoms with van der Waals surface area (Å²) >= 11 is 6.09. The van der Waals surface area contributed by atoms with Gasteiger partial charge >= 0.3 is 0 Å². The van der Waals surface area contributed by atoms with Gasteiger partial charge in [-0.05, 0) is 53.8 Å². The highest BCUT2D eigenvalue weighted by Gasteiger charge is 2.26. The monoisotopic (exact) mass is 359 g/mol. The van der Waals surface area contributed by atoms with Crippen LogP contribution in [0.3, 0.4) is 0 Å². The second-order valence-corrected chi connectivity index (χ2v) is 7.12. The Hall–Kier alpha value is -2.51. The maximum Gasteiger partial charge on any atom is 0.0579 e. The predicted molar refractivity (Wildman–Crippen MR) is 112 cm³/mol. The minimum absolute atomic E-state index is 0.348. The molecule has 130 valence electrons. The molecule has 0 spiro atoms. The van der Waals surface area contributed by atoms with Crippen molar-refractivity contribution in [2.24, 2.45) is 0 Å². The van der Waals surface area contributed by atoms with Gasteiger partial charge in [0.15, 0.2) is 0 Å². The molecule has 0 saturated heterocycles. The molecule has 0 aromatic heterocycles. The Bertz CT molecular complexity index is 884. The van der Waals surface area contributed by atoms with Crippen LogP contribution in [0.2, 0.25) is 5.02 Å². The van der Waals surface area contributed by atoms with E-state index in [0.29, 0.717) is 6.04 Å². The molecule has 0 amide bonds. The topological polar surface area (TPSA) is 3.24 Å². The number of rotatable bonds is 4. The summed E-state index contributed by atoms with van der Waals surface area (Å²) in [4.78, 5) is 2.51. The van der Waals surface area contributed by atoms with E-state index in [2.05, 4.69) is 83.8 Å². The summed E-state index contributed by atoms with van der Waals surface area (Å²) in [7, 11) is 0. The fourth-order valence-corrected chi connectivity index (χ4v) is 3.87. The average molecular weight is 360 g/mol. The summed E-state index contributed by atoms with van der Waals surface area (Å²) in [5.41, 5.74) is 5.39. The van der Waals surface area contributed by atoms with E-state index in [-0.39, 0.29) is 0 Å². The lowest BCUT2D eigenvalue weighted by Crippen LogP contribution is -2.35. The molecule has 1 aliphatic heterocycles. The van der Waals surface area contributed by atoms with Crippen molar-refractivity contribution < 1.29 is 0 Å². The fourth-order valence-electron chi connectivity index (χ4n) is 3.74. The second kappa shape index (κ2) is 7.80. The highest BCUT2D eigenvalue weighted by Crippen LogP contribution is 2.36. The minimum atomic E-state index is 0.348. The Morgan fingerprint density at radius 2 is 1.62 bits per heavy atom. The first-order valence-corrected chi connectivity index (χ1v) is 9.51. The van der Waals surface area contributed by atoms with Gasteiger partial charge in [-0.15, -0.1) is 0 Å². The third-order valence-electron chi connectivity index (χ3n) is 5.04. The van der Waals surface area contributed by atoms with Gasteiger partial charge in [0.25, 0.3) is 0 Å². The van der Waals surface area contributed by atoms with Gasteiger partial charge in [-0.25, -0.2) is 0 Å². The van der Waals surface area contributed by atoms with Crippen molar-refractivity contribution in [2.75, 3.05) is 11.4 Å². The molecule has 26 heavy (non-hydrogen) atoms. The van der Waals surface area contributed by atoms with E-state index in [1.165, 1.54) is 22.4 Å². The van der Waals surface area contributed by atoms with Gasteiger partial charge in [0, 0.05) is 17.3 Å². The second-order valence-electron chi connectivity index (χ2n) is 6.68. The molecule has 0 aliphatic carbocycles.